The van der Waals surface area contributed by atoms with Gasteiger partial charge >= 0.3 is 5.97 Å². The molecule has 1 amide bonds. The van der Waals surface area contributed by atoms with E-state index in [1.807, 2.05) is 0 Å². The quantitative estimate of drug-likeness (QED) is 0.826. The number of carbonyl (C=O) groups is 2. The normalized spacial score (nSPS) is 21.6. The van der Waals surface area contributed by atoms with E-state index in [2.05, 4.69) is 0 Å². The number of aliphatic carboxylic acids is 1. The van der Waals surface area contributed by atoms with Crippen LogP contribution in [0.25, 0.3) is 0 Å². The van der Waals surface area contributed by atoms with Crippen LogP contribution < -0.4 is 4.74 Å². The van der Waals surface area contributed by atoms with Crippen molar-refractivity contribution in [3.63, 3.8) is 0 Å². The zero-order valence-corrected chi connectivity index (χ0v) is 14.9. The maximum Gasteiger partial charge on any atom is 0.305 e. The van der Waals surface area contributed by atoms with Crippen LogP contribution in [0.3, 0.4) is 0 Å². The number of hydrogen-bond donors (Lipinski definition) is 1. The Morgan fingerprint density at radius 2 is 2.12 bits per heavy atom. The highest BCUT2D eigenvalue weighted by Crippen LogP contribution is 2.32. The molecule has 0 radical (unpaired) electrons. The summed E-state index contributed by atoms with van der Waals surface area (Å²) in [5.74, 6) is -0.958. The van der Waals surface area contributed by atoms with Gasteiger partial charge in [0, 0.05) is 19.7 Å². The summed E-state index contributed by atoms with van der Waals surface area (Å²) in [5, 5.41) is 9.60. The summed E-state index contributed by atoms with van der Waals surface area (Å²) in [7, 11) is 1.54. The van der Waals surface area contributed by atoms with Gasteiger partial charge < -0.3 is 19.5 Å². The number of hydrogen-bond acceptors (Lipinski definition) is 4. The van der Waals surface area contributed by atoms with E-state index in [0.717, 1.165) is 0 Å². The molecule has 8 heteroatoms. The zero-order valence-electron chi connectivity index (χ0n) is 13.4. The van der Waals surface area contributed by atoms with Crippen molar-refractivity contribution in [1.82, 2.24) is 4.90 Å². The molecule has 0 saturated carbocycles. The third kappa shape index (κ3) is 4.32. The van der Waals surface area contributed by atoms with Crippen LogP contribution in [0.15, 0.2) is 18.2 Å². The molecule has 6 nitrogen and oxygen atoms in total. The number of likely N-dealkylation sites (tertiary alicyclic amines) is 1. The standard InChI is InChI=1S/C16H19Cl2NO5/c1-9(24-13-5-3-4-12(17)15(13)18)16(22)19-8-11(23-2)6-10(19)7-14(20)21/h3-5,9-11H,6-8H2,1-2H3,(H,20,21). The largest absolute Gasteiger partial charge is 0.481 e. The topological polar surface area (TPSA) is 76.1 Å². The lowest BCUT2D eigenvalue weighted by Gasteiger charge is -2.27. The van der Waals surface area contributed by atoms with Gasteiger partial charge in [-0.2, -0.15) is 0 Å². The average molecular weight is 376 g/mol. The first-order valence-corrected chi connectivity index (χ1v) is 8.24. The number of ether oxygens (including phenoxy) is 2. The smallest absolute Gasteiger partial charge is 0.305 e. The van der Waals surface area contributed by atoms with Gasteiger partial charge in [0.05, 0.1) is 17.5 Å². The summed E-state index contributed by atoms with van der Waals surface area (Å²) >= 11 is 12.0. The molecule has 0 aliphatic carbocycles. The Morgan fingerprint density at radius 3 is 2.75 bits per heavy atom. The molecule has 1 aromatic carbocycles. The molecule has 1 N–H and O–H groups in total. The molecule has 1 aromatic rings. The Morgan fingerprint density at radius 1 is 1.42 bits per heavy atom. The highest BCUT2D eigenvalue weighted by Gasteiger charge is 2.38. The van der Waals surface area contributed by atoms with Gasteiger partial charge in [0.25, 0.3) is 5.91 Å². The van der Waals surface area contributed by atoms with Crippen molar-refractivity contribution < 1.29 is 24.2 Å². The molecule has 0 spiro atoms. The molecule has 0 bridgehead atoms. The fourth-order valence-corrected chi connectivity index (χ4v) is 3.10. The lowest BCUT2D eigenvalue weighted by Crippen LogP contribution is -2.44. The molecule has 3 atom stereocenters. The molecule has 1 fully saturated rings. The molecule has 3 unspecified atom stereocenters. The number of carboxylic acids is 1. The summed E-state index contributed by atoms with van der Waals surface area (Å²) in [5.41, 5.74) is 0. The van der Waals surface area contributed by atoms with Gasteiger partial charge in [-0.3, -0.25) is 9.59 Å². The Bertz CT molecular complexity index is 624. The van der Waals surface area contributed by atoms with Gasteiger partial charge in [0.1, 0.15) is 10.8 Å². The summed E-state index contributed by atoms with van der Waals surface area (Å²) in [4.78, 5) is 25.2. The van der Waals surface area contributed by atoms with E-state index in [0.29, 0.717) is 23.7 Å². The second-order valence-corrected chi connectivity index (χ2v) is 6.43. The van der Waals surface area contributed by atoms with Crippen molar-refractivity contribution in [2.24, 2.45) is 0 Å². The highest BCUT2D eigenvalue weighted by molar-refractivity contribution is 6.42. The molecular formula is C16H19Cl2NO5. The van der Waals surface area contributed by atoms with E-state index in [9.17, 15) is 9.59 Å². The Hall–Kier alpha value is -1.50. The molecule has 1 aliphatic heterocycles. The average Bonchev–Trinajstić information content (AvgIpc) is 2.93. The second kappa shape index (κ2) is 8.05. The molecule has 132 valence electrons. The van der Waals surface area contributed by atoms with E-state index in [1.54, 1.807) is 32.2 Å². The molecule has 1 aliphatic rings. The number of nitrogens with zero attached hydrogens (tertiary/aromatic N) is 1. The van der Waals surface area contributed by atoms with Crippen molar-refractivity contribution in [1.29, 1.82) is 0 Å². The summed E-state index contributed by atoms with van der Waals surface area (Å²) in [6.07, 6.45) is -0.650. The SMILES string of the molecule is COC1CC(CC(=O)O)N(C(=O)C(C)Oc2cccc(Cl)c2Cl)C1. The fourth-order valence-electron chi connectivity index (χ4n) is 2.76. The van der Waals surface area contributed by atoms with Crippen molar-refractivity contribution in [2.45, 2.75) is 38.0 Å². The molecule has 24 heavy (non-hydrogen) atoms. The van der Waals surface area contributed by atoms with Crippen LogP contribution in [-0.4, -0.2) is 53.8 Å². The molecule has 1 saturated heterocycles. The van der Waals surface area contributed by atoms with Gasteiger partial charge in [-0.1, -0.05) is 29.3 Å². The number of carbonyl (C=O) groups excluding carboxylic acids is 1. The molecule has 2 rings (SSSR count). The van der Waals surface area contributed by atoms with Crippen LogP contribution >= 0.6 is 23.2 Å². The lowest BCUT2D eigenvalue weighted by molar-refractivity contribution is -0.142. The number of methoxy groups -OCH3 is 1. The first-order valence-electron chi connectivity index (χ1n) is 7.49. The molecule has 1 heterocycles. The van der Waals surface area contributed by atoms with E-state index >= 15 is 0 Å². The third-order valence-electron chi connectivity index (χ3n) is 3.97. The third-order valence-corrected chi connectivity index (χ3v) is 4.77. The first-order chi connectivity index (χ1) is 11.3. The maximum atomic E-state index is 12.7. The Balaban J connectivity index is 2.10. The van der Waals surface area contributed by atoms with Gasteiger partial charge in [0.2, 0.25) is 0 Å². The van der Waals surface area contributed by atoms with Crippen LogP contribution in [-0.2, 0) is 14.3 Å². The van der Waals surface area contributed by atoms with E-state index in [1.165, 1.54) is 4.90 Å². The first kappa shape index (κ1) is 18.8. The van der Waals surface area contributed by atoms with Crippen molar-refractivity contribution in [3.8, 4) is 5.75 Å². The van der Waals surface area contributed by atoms with Crippen LogP contribution in [0.5, 0.6) is 5.75 Å². The van der Waals surface area contributed by atoms with Crippen LogP contribution in [0.1, 0.15) is 19.8 Å². The number of rotatable bonds is 6. The Kier molecular flexibility index (Phi) is 6.32. The van der Waals surface area contributed by atoms with E-state index in [-0.39, 0.29) is 23.5 Å². The minimum Gasteiger partial charge on any atom is -0.481 e. The number of carboxylic acid groups (broad SMARTS) is 1. The predicted molar refractivity (Wildman–Crippen MR) is 89.7 cm³/mol. The monoisotopic (exact) mass is 375 g/mol. The highest BCUT2D eigenvalue weighted by atomic mass is 35.5. The van der Waals surface area contributed by atoms with Crippen molar-refractivity contribution in [2.75, 3.05) is 13.7 Å². The molecular weight excluding hydrogens is 357 g/mol. The minimum atomic E-state index is -0.957. The van der Waals surface area contributed by atoms with Gasteiger partial charge in [-0.05, 0) is 25.5 Å². The zero-order chi connectivity index (χ0) is 17.9. The predicted octanol–water partition coefficient (Wildman–Crippen LogP) is 2.85. The van der Waals surface area contributed by atoms with Crippen LogP contribution in [0, 0.1) is 0 Å². The maximum absolute atomic E-state index is 12.7. The number of amides is 1. The summed E-state index contributed by atoms with van der Waals surface area (Å²) in [6, 6.07) is 4.50. The Labute approximate surface area is 150 Å². The van der Waals surface area contributed by atoms with Crippen LogP contribution in [0.2, 0.25) is 10.0 Å². The van der Waals surface area contributed by atoms with Gasteiger partial charge in [-0.25, -0.2) is 0 Å². The van der Waals surface area contributed by atoms with Gasteiger partial charge in [-0.15, -0.1) is 0 Å². The second-order valence-electron chi connectivity index (χ2n) is 5.65. The lowest BCUT2D eigenvalue weighted by atomic mass is 10.1. The van der Waals surface area contributed by atoms with Crippen molar-refractivity contribution in [3.05, 3.63) is 28.2 Å². The molecule has 0 aromatic heterocycles. The minimum absolute atomic E-state index is 0.129. The van der Waals surface area contributed by atoms with E-state index in [4.69, 9.17) is 37.8 Å². The van der Waals surface area contributed by atoms with Crippen molar-refractivity contribution >= 4 is 35.1 Å². The fraction of sp³-hybridized carbons (Fsp3) is 0.500. The van der Waals surface area contributed by atoms with Crippen LogP contribution in [0.4, 0.5) is 0 Å². The van der Waals surface area contributed by atoms with Gasteiger partial charge in [0.15, 0.2) is 6.10 Å². The number of halogens is 2. The number of benzene rings is 1. The van der Waals surface area contributed by atoms with E-state index < -0.39 is 18.1 Å². The summed E-state index contributed by atoms with van der Waals surface area (Å²) < 4.78 is 10.9. The summed E-state index contributed by atoms with van der Waals surface area (Å²) in [6.45, 7) is 1.93.